The van der Waals surface area contributed by atoms with Crippen LogP contribution in [0.25, 0.3) is 0 Å². The Bertz CT molecular complexity index is 491. The number of hydrogen-bond acceptors (Lipinski definition) is 3. The minimum atomic E-state index is -0.0783. The highest BCUT2D eigenvalue weighted by Crippen LogP contribution is 2.11. The van der Waals surface area contributed by atoms with Crippen LogP contribution in [0.4, 0.5) is 5.69 Å². The summed E-state index contributed by atoms with van der Waals surface area (Å²) in [6.07, 6.45) is 2.28. The molecule has 5 heteroatoms. The lowest BCUT2D eigenvalue weighted by molar-refractivity contribution is -0.118. The molecule has 1 unspecified atom stereocenters. The Morgan fingerprint density at radius 2 is 2.00 bits per heavy atom. The molecule has 1 aliphatic rings. The summed E-state index contributed by atoms with van der Waals surface area (Å²) in [6, 6.07) is 7.35. The van der Waals surface area contributed by atoms with Gasteiger partial charge in [-0.15, -0.1) is 0 Å². The van der Waals surface area contributed by atoms with Gasteiger partial charge in [-0.05, 0) is 43.7 Å². The molecular weight excluding hydrogens is 266 g/mol. The molecule has 2 rings (SSSR count). The van der Waals surface area contributed by atoms with Crippen LogP contribution >= 0.6 is 0 Å². The average molecular weight is 289 g/mol. The lowest BCUT2D eigenvalue weighted by Crippen LogP contribution is -2.37. The second kappa shape index (κ2) is 7.22. The van der Waals surface area contributed by atoms with Crippen LogP contribution in [0.2, 0.25) is 0 Å². The highest BCUT2D eigenvalue weighted by molar-refractivity contribution is 5.96. The fourth-order valence-electron chi connectivity index (χ4n) is 2.24. The number of rotatable bonds is 5. The monoisotopic (exact) mass is 289 g/mol. The normalized spacial score (nSPS) is 17.8. The minimum Gasteiger partial charge on any atom is -0.350 e. The fourth-order valence-corrected chi connectivity index (χ4v) is 2.24. The van der Waals surface area contributed by atoms with Gasteiger partial charge in [-0.1, -0.05) is 13.8 Å². The highest BCUT2D eigenvalue weighted by Gasteiger charge is 2.15. The molecule has 1 heterocycles. The first kappa shape index (κ1) is 15.5. The predicted octanol–water partition coefficient (Wildman–Crippen LogP) is 1.76. The quantitative estimate of drug-likeness (QED) is 0.773. The molecule has 1 fully saturated rings. The van der Waals surface area contributed by atoms with Crippen molar-refractivity contribution in [1.29, 1.82) is 0 Å². The van der Waals surface area contributed by atoms with E-state index < -0.39 is 0 Å². The van der Waals surface area contributed by atoms with E-state index in [1.807, 2.05) is 13.8 Å². The summed E-state index contributed by atoms with van der Waals surface area (Å²) in [5.41, 5.74) is 1.32. The number of hydrogen-bond donors (Lipinski definition) is 3. The van der Waals surface area contributed by atoms with Crippen molar-refractivity contribution in [2.24, 2.45) is 5.92 Å². The third-order valence-corrected chi connectivity index (χ3v) is 3.61. The van der Waals surface area contributed by atoms with E-state index in [9.17, 15) is 9.59 Å². The molecule has 1 saturated heterocycles. The minimum absolute atomic E-state index is 0.0282. The predicted molar refractivity (Wildman–Crippen MR) is 83.3 cm³/mol. The molecule has 1 aromatic rings. The van der Waals surface area contributed by atoms with Crippen LogP contribution in [0.15, 0.2) is 24.3 Å². The molecule has 0 aromatic heterocycles. The van der Waals surface area contributed by atoms with Crippen molar-refractivity contribution in [3.05, 3.63) is 29.8 Å². The Kier molecular flexibility index (Phi) is 5.33. The summed E-state index contributed by atoms with van der Waals surface area (Å²) in [4.78, 5) is 23.6. The third kappa shape index (κ3) is 4.56. The maximum Gasteiger partial charge on any atom is 0.251 e. The smallest absolute Gasteiger partial charge is 0.251 e. The van der Waals surface area contributed by atoms with Gasteiger partial charge in [0.2, 0.25) is 5.91 Å². The number of anilines is 1. The SMILES string of the molecule is CC(C)C(=O)Nc1ccc(C(=O)NCC2CCCN2)cc1. The van der Waals surface area contributed by atoms with Crippen LogP contribution in [0.5, 0.6) is 0 Å². The zero-order valence-electron chi connectivity index (χ0n) is 12.6. The first-order valence-electron chi connectivity index (χ1n) is 7.49. The lowest BCUT2D eigenvalue weighted by Gasteiger charge is -2.12. The summed E-state index contributed by atoms with van der Waals surface area (Å²) in [5, 5.41) is 9.08. The molecule has 5 nitrogen and oxygen atoms in total. The van der Waals surface area contributed by atoms with E-state index in [4.69, 9.17) is 0 Å². The van der Waals surface area contributed by atoms with Crippen molar-refractivity contribution in [3.8, 4) is 0 Å². The second-order valence-corrected chi connectivity index (χ2v) is 5.72. The van der Waals surface area contributed by atoms with Gasteiger partial charge in [0.25, 0.3) is 5.91 Å². The molecule has 1 aliphatic heterocycles. The number of carbonyl (C=O) groups is 2. The second-order valence-electron chi connectivity index (χ2n) is 5.72. The maximum atomic E-state index is 12.0. The van der Waals surface area contributed by atoms with Gasteiger partial charge in [-0.3, -0.25) is 9.59 Å². The van der Waals surface area contributed by atoms with Crippen LogP contribution in [0.3, 0.4) is 0 Å². The summed E-state index contributed by atoms with van der Waals surface area (Å²) < 4.78 is 0. The van der Waals surface area contributed by atoms with E-state index >= 15 is 0 Å². The molecular formula is C16H23N3O2. The van der Waals surface area contributed by atoms with Crippen molar-refractivity contribution < 1.29 is 9.59 Å². The van der Waals surface area contributed by atoms with E-state index in [2.05, 4.69) is 16.0 Å². The molecule has 114 valence electrons. The summed E-state index contributed by atoms with van der Waals surface area (Å²) in [7, 11) is 0. The Morgan fingerprint density at radius 1 is 1.29 bits per heavy atom. The van der Waals surface area contributed by atoms with Crippen molar-refractivity contribution in [3.63, 3.8) is 0 Å². The van der Waals surface area contributed by atoms with Crippen LogP contribution in [-0.4, -0.2) is 30.9 Å². The standard InChI is InChI=1S/C16H23N3O2/c1-11(2)15(20)19-13-7-5-12(6-8-13)16(21)18-10-14-4-3-9-17-14/h5-8,11,14,17H,3-4,9-10H2,1-2H3,(H,18,21)(H,19,20). The van der Waals surface area contributed by atoms with Crippen LogP contribution < -0.4 is 16.0 Å². The van der Waals surface area contributed by atoms with E-state index in [0.29, 0.717) is 23.8 Å². The molecule has 3 N–H and O–H groups in total. The van der Waals surface area contributed by atoms with E-state index in [1.54, 1.807) is 24.3 Å². The highest BCUT2D eigenvalue weighted by atomic mass is 16.2. The van der Waals surface area contributed by atoms with Crippen LogP contribution in [0.1, 0.15) is 37.0 Å². The van der Waals surface area contributed by atoms with Crippen molar-refractivity contribution in [2.75, 3.05) is 18.4 Å². The van der Waals surface area contributed by atoms with Crippen LogP contribution in [-0.2, 0) is 4.79 Å². The molecule has 0 bridgehead atoms. The van der Waals surface area contributed by atoms with Gasteiger partial charge in [0.15, 0.2) is 0 Å². The fraction of sp³-hybridized carbons (Fsp3) is 0.500. The Balaban J connectivity index is 1.85. The zero-order chi connectivity index (χ0) is 15.2. The van der Waals surface area contributed by atoms with Gasteiger partial charge in [-0.2, -0.15) is 0 Å². The van der Waals surface area contributed by atoms with Gasteiger partial charge in [0, 0.05) is 29.8 Å². The topological polar surface area (TPSA) is 70.2 Å². The molecule has 0 aliphatic carbocycles. The van der Waals surface area contributed by atoms with Crippen LogP contribution in [0, 0.1) is 5.92 Å². The van der Waals surface area contributed by atoms with Gasteiger partial charge in [-0.25, -0.2) is 0 Å². The first-order valence-corrected chi connectivity index (χ1v) is 7.49. The lowest BCUT2D eigenvalue weighted by atomic mass is 10.1. The molecule has 1 aromatic carbocycles. The Labute approximate surface area is 125 Å². The maximum absolute atomic E-state index is 12.0. The molecule has 2 amide bonds. The van der Waals surface area contributed by atoms with Gasteiger partial charge in [0.05, 0.1) is 0 Å². The molecule has 21 heavy (non-hydrogen) atoms. The molecule has 0 saturated carbocycles. The van der Waals surface area contributed by atoms with E-state index in [-0.39, 0.29) is 17.7 Å². The van der Waals surface area contributed by atoms with Gasteiger partial charge < -0.3 is 16.0 Å². The van der Waals surface area contributed by atoms with Crippen molar-refractivity contribution in [2.45, 2.75) is 32.7 Å². The average Bonchev–Trinajstić information content (AvgIpc) is 2.98. The largest absolute Gasteiger partial charge is 0.350 e. The Hall–Kier alpha value is -1.88. The third-order valence-electron chi connectivity index (χ3n) is 3.61. The van der Waals surface area contributed by atoms with E-state index in [0.717, 1.165) is 13.0 Å². The summed E-state index contributed by atoms with van der Waals surface area (Å²) in [6.45, 7) is 5.37. The number of benzene rings is 1. The Morgan fingerprint density at radius 3 is 2.57 bits per heavy atom. The van der Waals surface area contributed by atoms with Gasteiger partial charge >= 0.3 is 0 Å². The summed E-state index contributed by atoms with van der Waals surface area (Å²) in [5.74, 6) is -0.170. The molecule has 0 radical (unpaired) electrons. The van der Waals surface area contributed by atoms with Crippen molar-refractivity contribution >= 4 is 17.5 Å². The van der Waals surface area contributed by atoms with E-state index in [1.165, 1.54) is 6.42 Å². The first-order chi connectivity index (χ1) is 10.1. The molecule has 0 spiro atoms. The zero-order valence-corrected chi connectivity index (χ0v) is 12.6. The van der Waals surface area contributed by atoms with Gasteiger partial charge in [0.1, 0.15) is 0 Å². The summed E-state index contributed by atoms with van der Waals surface area (Å²) >= 11 is 0. The number of carbonyl (C=O) groups excluding carboxylic acids is 2. The number of nitrogens with one attached hydrogen (secondary N) is 3. The molecule has 1 atom stereocenters. The van der Waals surface area contributed by atoms with Crippen molar-refractivity contribution in [1.82, 2.24) is 10.6 Å². The number of amides is 2.